The fraction of sp³-hybridized carbons (Fsp3) is 0.458. The van der Waals surface area contributed by atoms with E-state index in [9.17, 15) is 9.90 Å². The van der Waals surface area contributed by atoms with Gasteiger partial charge in [0.1, 0.15) is 0 Å². The molecule has 2 N–H and O–H groups in total. The van der Waals surface area contributed by atoms with Crippen LogP contribution in [0.1, 0.15) is 50.3 Å². The van der Waals surface area contributed by atoms with Crippen molar-refractivity contribution in [3.63, 3.8) is 0 Å². The summed E-state index contributed by atoms with van der Waals surface area (Å²) < 4.78 is 5.67. The van der Waals surface area contributed by atoms with E-state index in [2.05, 4.69) is 12.2 Å². The Kier molecular flexibility index (Phi) is 5.99. The molecule has 1 saturated carbocycles. The van der Waals surface area contributed by atoms with Gasteiger partial charge >= 0.3 is 0 Å². The van der Waals surface area contributed by atoms with Crippen LogP contribution in [0.15, 0.2) is 54.6 Å². The largest absolute Gasteiger partial charge is 0.356 e. The van der Waals surface area contributed by atoms with Crippen LogP contribution in [0.4, 0.5) is 5.69 Å². The van der Waals surface area contributed by atoms with Gasteiger partial charge in [-0.15, -0.1) is 0 Å². The molecule has 0 spiro atoms. The van der Waals surface area contributed by atoms with Gasteiger partial charge in [-0.3, -0.25) is 10.1 Å². The van der Waals surface area contributed by atoms with E-state index in [-0.39, 0.29) is 23.9 Å². The summed E-state index contributed by atoms with van der Waals surface area (Å²) >= 11 is 0. The lowest BCUT2D eigenvalue weighted by atomic mass is 9.69. The van der Waals surface area contributed by atoms with Gasteiger partial charge in [0.25, 0.3) is 0 Å². The molecule has 0 bridgehead atoms. The van der Waals surface area contributed by atoms with Gasteiger partial charge in [0.15, 0.2) is 0 Å². The molecule has 5 heteroatoms. The molecule has 1 fully saturated rings. The Hall–Kier alpha value is -2.21. The van der Waals surface area contributed by atoms with Gasteiger partial charge in [-0.05, 0) is 41.9 Å². The van der Waals surface area contributed by atoms with Crippen molar-refractivity contribution >= 4 is 11.6 Å². The number of fused-ring (bicyclic) bond motifs is 1. The molecule has 1 aliphatic heterocycles. The van der Waals surface area contributed by atoms with E-state index >= 15 is 0 Å². The Morgan fingerprint density at radius 1 is 1.17 bits per heavy atom. The summed E-state index contributed by atoms with van der Waals surface area (Å²) in [4.78, 5) is 14.6. The number of aliphatic hydroxyl groups is 1. The molecule has 2 aromatic rings. The Balaban J connectivity index is 1.56. The Morgan fingerprint density at radius 3 is 2.52 bits per heavy atom. The molecule has 3 unspecified atom stereocenters. The van der Waals surface area contributed by atoms with Gasteiger partial charge in [0.05, 0.1) is 6.61 Å². The lowest BCUT2D eigenvalue weighted by Crippen LogP contribution is -2.56. The summed E-state index contributed by atoms with van der Waals surface area (Å²) in [7, 11) is 0. The highest BCUT2D eigenvalue weighted by Crippen LogP contribution is 2.47. The van der Waals surface area contributed by atoms with Crippen LogP contribution in [-0.4, -0.2) is 23.5 Å². The molecule has 1 amide bonds. The lowest BCUT2D eigenvalue weighted by molar-refractivity contribution is -0.139. The first kappa shape index (κ1) is 20.1. The fourth-order valence-electron chi connectivity index (χ4n) is 4.84. The van der Waals surface area contributed by atoms with E-state index in [1.807, 2.05) is 59.5 Å². The summed E-state index contributed by atoms with van der Waals surface area (Å²) in [6.45, 7) is 4.17. The molecule has 2 aromatic carbocycles. The van der Waals surface area contributed by atoms with Crippen molar-refractivity contribution in [3.05, 3.63) is 65.7 Å². The van der Waals surface area contributed by atoms with E-state index in [4.69, 9.17) is 4.74 Å². The van der Waals surface area contributed by atoms with Crippen LogP contribution in [0.5, 0.6) is 0 Å². The fourth-order valence-corrected chi connectivity index (χ4v) is 4.84. The maximum atomic E-state index is 12.6. The van der Waals surface area contributed by atoms with Gasteiger partial charge < -0.3 is 14.7 Å². The molecule has 5 nitrogen and oxygen atoms in total. The molecule has 154 valence electrons. The first-order chi connectivity index (χ1) is 14.1. The third-order valence-electron chi connectivity index (χ3n) is 6.44. The summed E-state index contributed by atoms with van der Waals surface area (Å²) in [6.07, 6.45) is 2.45. The molecular weight excluding hydrogens is 364 g/mol. The number of nitrogens with one attached hydrogen (secondary N) is 1. The number of anilines is 1. The van der Waals surface area contributed by atoms with Gasteiger partial charge in [-0.2, -0.15) is 0 Å². The predicted octanol–water partition coefficient (Wildman–Crippen LogP) is 3.98. The van der Waals surface area contributed by atoms with Crippen molar-refractivity contribution in [2.75, 3.05) is 4.90 Å². The van der Waals surface area contributed by atoms with Crippen LogP contribution >= 0.6 is 0 Å². The number of carbonyl (C=O) groups is 1. The number of ether oxygens (including phenoxy) is 1. The highest BCUT2D eigenvalue weighted by Gasteiger charge is 2.45. The third kappa shape index (κ3) is 4.08. The van der Waals surface area contributed by atoms with Crippen molar-refractivity contribution in [2.45, 2.75) is 58.2 Å². The van der Waals surface area contributed by atoms with Crippen LogP contribution in [0.2, 0.25) is 0 Å². The molecule has 2 aliphatic rings. The van der Waals surface area contributed by atoms with E-state index in [1.165, 1.54) is 6.42 Å². The second-order valence-corrected chi connectivity index (χ2v) is 8.28. The molecule has 29 heavy (non-hydrogen) atoms. The van der Waals surface area contributed by atoms with Crippen LogP contribution in [0.25, 0.3) is 0 Å². The second kappa shape index (κ2) is 8.66. The standard InChI is InChI=1S/C24H30N2O3/c1-16-22(25-24(28)29-15-18-9-4-3-5-10-18)20-13-6-7-14-21(20)26(17(2)27)23(16)19-11-8-12-19/h3-7,9-10,13-14,16,19,22-25,28H,8,11-12,15H2,1-2H3/t16-,22?,23?,24?/m1/s1. The molecular formula is C24H30N2O3. The maximum absolute atomic E-state index is 12.6. The van der Waals surface area contributed by atoms with Crippen molar-refractivity contribution in [2.24, 2.45) is 11.8 Å². The van der Waals surface area contributed by atoms with Gasteiger partial charge in [-0.25, -0.2) is 0 Å². The summed E-state index contributed by atoms with van der Waals surface area (Å²) in [5, 5.41) is 13.8. The van der Waals surface area contributed by atoms with E-state index < -0.39 is 6.41 Å². The van der Waals surface area contributed by atoms with Gasteiger partial charge in [-0.1, -0.05) is 61.9 Å². The van der Waals surface area contributed by atoms with E-state index in [1.54, 1.807) is 6.92 Å². The minimum Gasteiger partial charge on any atom is -0.356 e. The first-order valence-electron chi connectivity index (χ1n) is 10.5. The number of amides is 1. The predicted molar refractivity (Wildman–Crippen MR) is 113 cm³/mol. The summed E-state index contributed by atoms with van der Waals surface area (Å²) in [5.41, 5.74) is 3.00. The average Bonchev–Trinajstić information content (AvgIpc) is 2.68. The maximum Gasteiger partial charge on any atom is 0.224 e. The first-order valence-corrected chi connectivity index (χ1v) is 10.5. The minimum absolute atomic E-state index is 0.0838. The molecule has 4 rings (SSSR count). The second-order valence-electron chi connectivity index (χ2n) is 8.28. The third-order valence-corrected chi connectivity index (χ3v) is 6.44. The average molecular weight is 395 g/mol. The van der Waals surface area contributed by atoms with Crippen LogP contribution in [0, 0.1) is 11.8 Å². The number of hydrogen-bond donors (Lipinski definition) is 2. The van der Waals surface area contributed by atoms with Crippen molar-refractivity contribution in [1.29, 1.82) is 0 Å². The molecule has 1 aliphatic carbocycles. The SMILES string of the molecule is CC(=O)N1c2ccccc2C(NC(O)OCc2ccccc2)[C@@H](C)C1C1CCC1. The number of carbonyl (C=O) groups excluding carboxylic acids is 1. The summed E-state index contributed by atoms with van der Waals surface area (Å²) in [6, 6.07) is 17.9. The van der Waals surface area contributed by atoms with E-state index in [0.29, 0.717) is 12.5 Å². The Labute approximate surface area is 172 Å². The number of para-hydroxylation sites is 1. The van der Waals surface area contributed by atoms with Crippen LogP contribution in [0.3, 0.4) is 0 Å². The molecule has 0 aromatic heterocycles. The Morgan fingerprint density at radius 2 is 1.86 bits per heavy atom. The number of benzene rings is 2. The van der Waals surface area contributed by atoms with Crippen molar-refractivity contribution in [3.8, 4) is 0 Å². The number of aliphatic hydroxyl groups excluding tert-OH is 1. The zero-order valence-electron chi connectivity index (χ0n) is 17.1. The van der Waals surface area contributed by atoms with Crippen LogP contribution in [-0.2, 0) is 16.1 Å². The number of rotatable bonds is 6. The van der Waals surface area contributed by atoms with Crippen molar-refractivity contribution in [1.82, 2.24) is 5.32 Å². The topological polar surface area (TPSA) is 61.8 Å². The highest BCUT2D eigenvalue weighted by atomic mass is 16.6. The molecule has 0 saturated heterocycles. The molecule has 1 heterocycles. The molecule has 0 radical (unpaired) electrons. The quantitative estimate of drug-likeness (QED) is 0.728. The minimum atomic E-state index is -1.08. The smallest absolute Gasteiger partial charge is 0.224 e. The van der Waals surface area contributed by atoms with E-state index in [0.717, 1.165) is 29.7 Å². The number of hydrogen-bond acceptors (Lipinski definition) is 4. The zero-order chi connectivity index (χ0) is 20.4. The normalized spacial score (nSPS) is 25.2. The molecule has 4 atom stereocenters. The Bertz CT molecular complexity index is 837. The number of nitrogens with zero attached hydrogens (tertiary/aromatic N) is 1. The highest BCUT2D eigenvalue weighted by molar-refractivity contribution is 5.94. The lowest BCUT2D eigenvalue weighted by Gasteiger charge is -2.50. The summed E-state index contributed by atoms with van der Waals surface area (Å²) in [5.74, 6) is 0.753. The van der Waals surface area contributed by atoms with Gasteiger partial charge in [0, 0.05) is 24.7 Å². The van der Waals surface area contributed by atoms with Crippen molar-refractivity contribution < 1.29 is 14.6 Å². The van der Waals surface area contributed by atoms with Crippen LogP contribution < -0.4 is 10.2 Å². The zero-order valence-corrected chi connectivity index (χ0v) is 17.1. The monoisotopic (exact) mass is 394 g/mol. The van der Waals surface area contributed by atoms with Gasteiger partial charge in [0.2, 0.25) is 12.3 Å².